The first-order valence-electron chi connectivity index (χ1n) is 6.58. The monoisotopic (exact) mass is 240 g/mol. The maximum atomic E-state index is 11.6. The van der Waals surface area contributed by atoms with Crippen LogP contribution in [0.5, 0.6) is 0 Å². The first kappa shape index (κ1) is 12.7. The number of carbonyl (C=O) groups is 1. The van der Waals surface area contributed by atoms with E-state index in [0.29, 0.717) is 17.9 Å². The van der Waals surface area contributed by atoms with Crippen LogP contribution in [0.15, 0.2) is 0 Å². The average molecular weight is 240 g/mol. The highest BCUT2D eigenvalue weighted by atomic mass is 16.6. The number of fused-ring (bicyclic) bond motifs is 1. The molecule has 2 fully saturated rings. The number of alkyl carbamates (subject to hydrolysis) is 1. The molecule has 98 valence electrons. The smallest absolute Gasteiger partial charge is 0.407 e. The fraction of sp³-hybridized carbons (Fsp3) is 0.923. The summed E-state index contributed by atoms with van der Waals surface area (Å²) in [5.41, 5.74) is 5.29. The van der Waals surface area contributed by atoms with E-state index < -0.39 is 5.60 Å². The Bertz CT molecular complexity index is 298. The molecule has 4 atom stereocenters. The van der Waals surface area contributed by atoms with Crippen LogP contribution in [0.3, 0.4) is 0 Å². The molecule has 0 aromatic carbocycles. The zero-order chi connectivity index (χ0) is 12.6. The quantitative estimate of drug-likeness (QED) is 0.774. The number of carbonyl (C=O) groups excluding carboxylic acids is 1. The summed E-state index contributed by atoms with van der Waals surface area (Å²) in [7, 11) is 0. The standard InChI is InChI=1S/C13H24N2O2/c1-13(2,3)17-12(16)15-11-6-9-4-8(7-14)5-10(9)11/h8-11H,4-7,14H2,1-3H3,(H,15,16). The summed E-state index contributed by atoms with van der Waals surface area (Å²) < 4.78 is 5.27. The molecule has 0 saturated heterocycles. The Morgan fingerprint density at radius 3 is 2.65 bits per heavy atom. The van der Waals surface area contributed by atoms with E-state index in [2.05, 4.69) is 5.32 Å². The lowest BCUT2D eigenvalue weighted by Gasteiger charge is -2.40. The summed E-state index contributed by atoms with van der Waals surface area (Å²) in [6.45, 7) is 6.44. The van der Waals surface area contributed by atoms with Gasteiger partial charge in [0.05, 0.1) is 0 Å². The molecule has 0 aliphatic heterocycles. The summed E-state index contributed by atoms with van der Waals surface area (Å²) in [6, 6.07) is 0.311. The zero-order valence-electron chi connectivity index (χ0n) is 11.0. The third-order valence-electron chi connectivity index (χ3n) is 3.96. The van der Waals surface area contributed by atoms with E-state index in [1.54, 1.807) is 0 Å². The third kappa shape index (κ3) is 2.92. The van der Waals surface area contributed by atoms with Crippen molar-refractivity contribution in [1.29, 1.82) is 0 Å². The molecule has 2 aliphatic carbocycles. The second-order valence-corrected chi connectivity index (χ2v) is 6.49. The molecule has 0 radical (unpaired) electrons. The van der Waals surface area contributed by atoms with Crippen LogP contribution >= 0.6 is 0 Å². The van der Waals surface area contributed by atoms with E-state index in [1.165, 1.54) is 12.8 Å². The van der Waals surface area contributed by atoms with Crippen LogP contribution in [0.25, 0.3) is 0 Å². The molecule has 4 nitrogen and oxygen atoms in total. The SMILES string of the molecule is CC(C)(C)OC(=O)NC1CC2CC(CN)CC21. The average Bonchev–Trinajstić information content (AvgIpc) is 2.49. The Balaban J connectivity index is 1.77. The van der Waals surface area contributed by atoms with Gasteiger partial charge in [-0.1, -0.05) is 0 Å². The number of nitrogens with one attached hydrogen (secondary N) is 1. The minimum Gasteiger partial charge on any atom is -0.444 e. The van der Waals surface area contributed by atoms with Gasteiger partial charge >= 0.3 is 6.09 Å². The lowest BCUT2D eigenvalue weighted by Crippen LogP contribution is -2.51. The highest BCUT2D eigenvalue weighted by Gasteiger charge is 2.47. The number of amides is 1. The van der Waals surface area contributed by atoms with Crippen LogP contribution in [-0.2, 0) is 4.74 Å². The van der Waals surface area contributed by atoms with Gasteiger partial charge in [0.15, 0.2) is 0 Å². The Kier molecular flexibility index (Phi) is 3.34. The Hall–Kier alpha value is -0.770. The molecule has 1 amide bonds. The van der Waals surface area contributed by atoms with E-state index in [-0.39, 0.29) is 6.09 Å². The number of rotatable bonds is 2. The van der Waals surface area contributed by atoms with E-state index >= 15 is 0 Å². The van der Waals surface area contributed by atoms with E-state index in [0.717, 1.165) is 18.9 Å². The van der Waals surface area contributed by atoms with Crippen molar-refractivity contribution in [2.75, 3.05) is 6.54 Å². The molecule has 0 spiro atoms. The van der Waals surface area contributed by atoms with Gasteiger partial charge in [-0.15, -0.1) is 0 Å². The molecule has 0 heterocycles. The summed E-state index contributed by atoms with van der Waals surface area (Å²) >= 11 is 0. The molecule has 0 bridgehead atoms. The van der Waals surface area contributed by atoms with Crippen molar-refractivity contribution in [3.05, 3.63) is 0 Å². The number of hydrogen-bond donors (Lipinski definition) is 2. The van der Waals surface area contributed by atoms with Crippen molar-refractivity contribution >= 4 is 6.09 Å². The first-order valence-corrected chi connectivity index (χ1v) is 6.58. The summed E-state index contributed by atoms with van der Waals surface area (Å²) in [5.74, 6) is 2.08. The normalized spacial score (nSPS) is 36.0. The van der Waals surface area contributed by atoms with Gasteiger partial charge in [-0.25, -0.2) is 4.79 Å². The number of ether oxygens (including phenoxy) is 1. The molecule has 4 unspecified atom stereocenters. The molecule has 3 N–H and O–H groups in total. The predicted molar refractivity (Wildman–Crippen MR) is 66.5 cm³/mol. The first-order chi connectivity index (χ1) is 7.89. The summed E-state index contributed by atoms with van der Waals surface area (Å²) in [4.78, 5) is 11.6. The molecule has 17 heavy (non-hydrogen) atoms. The van der Waals surface area contributed by atoms with Crippen molar-refractivity contribution in [3.8, 4) is 0 Å². The maximum Gasteiger partial charge on any atom is 0.407 e. The van der Waals surface area contributed by atoms with Gasteiger partial charge < -0.3 is 15.8 Å². The second kappa shape index (κ2) is 4.48. The maximum absolute atomic E-state index is 11.6. The number of hydrogen-bond acceptors (Lipinski definition) is 3. The van der Waals surface area contributed by atoms with E-state index in [4.69, 9.17) is 10.5 Å². The fourth-order valence-corrected chi connectivity index (χ4v) is 3.16. The van der Waals surface area contributed by atoms with Gasteiger partial charge in [-0.05, 0) is 64.3 Å². The summed E-state index contributed by atoms with van der Waals surface area (Å²) in [6.07, 6.45) is 3.23. The van der Waals surface area contributed by atoms with Crippen molar-refractivity contribution in [3.63, 3.8) is 0 Å². The molecule has 0 aromatic rings. The van der Waals surface area contributed by atoms with Crippen molar-refractivity contribution < 1.29 is 9.53 Å². The molecule has 2 saturated carbocycles. The van der Waals surface area contributed by atoms with Crippen LogP contribution < -0.4 is 11.1 Å². The highest BCUT2D eigenvalue weighted by molar-refractivity contribution is 5.68. The van der Waals surface area contributed by atoms with Gasteiger partial charge in [0.2, 0.25) is 0 Å². The Labute approximate surface area is 103 Å². The third-order valence-corrected chi connectivity index (χ3v) is 3.96. The largest absolute Gasteiger partial charge is 0.444 e. The second-order valence-electron chi connectivity index (χ2n) is 6.49. The topological polar surface area (TPSA) is 64.3 Å². The predicted octanol–water partition coefficient (Wildman–Crippen LogP) is 1.88. The molecule has 2 rings (SSSR count). The lowest BCUT2D eigenvalue weighted by atomic mass is 9.71. The van der Waals surface area contributed by atoms with Gasteiger partial charge in [-0.3, -0.25) is 0 Å². The van der Waals surface area contributed by atoms with E-state index in [9.17, 15) is 4.79 Å². The van der Waals surface area contributed by atoms with E-state index in [1.807, 2.05) is 20.8 Å². The highest BCUT2D eigenvalue weighted by Crippen LogP contribution is 2.49. The molecular weight excluding hydrogens is 216 g/mol. The van der Waals surface area contributed by atoms with Crippen molar-refractivity contribution in [1.82, 2.24) is 5.32 Å². The van der Waals surface area contributed by atoms with Crippen molar-refractivity contribution in [2.24, 2.45) is 23.5 Å². The van der Waals surface area contributed by atoms with Crippen LogP contribution in [0.2, 0.25) is 0 Å². The summed E-state index contributed by atoms with van der Waals surface area (Å²) in [5, 5.41) is 2.99. The van der Waals surface area contributed by atoms with Crippen molar-refractivity contribution in [2.45, 2.75) is 51.7 Å². The van der Waals surface area contributed by atoms with Crippen LogP contribution in [0, 0.1) is 17.8 Å². The minimum atomic E-state index is -0.414. The Morgan fingerprint density at radius 1 is 1.35 bits per heavy atom. The Morgan fingerprint density at radius 2 is 2.06 bits per heavy atom. The molecule has 2 aliphatic rings. The molecule has 4 heteroatoms. The van der Waals surface area contributed by atoms with Crippen LogP contribution in [0.1, 0.15) is 40.0 Å². The molecule has 0 aromatic heterocycles. The van der Waals surface area contributed by atoms with Gasteiger partial charge in [0, 0.05) is 6.04 Å². The van der Waals surface area contributed by atoms with Gasteiger partial charge in [0.25, 0.3) is 0 Å². The number of nitrogens with two attached hydrogens (primary N) is 1. The lowest BCUT2D eigenvalue weighted by molar-refractivity contribution is 0.0385. The zero-order valence-corrected chi connectivity index (χ0v) is 11.0. The van der Waals surface area contributed by atoms with Crippen LogP contribution in [-0.4, -0.2) is 24.3 Å². The van der Waals surface area contributed by atoms with Gasteiger partial charge in [-0.2, -0.15) is 0 Å². The minimum absolute atomic E-state index is 0.280. The molecular formula is C13H24N2O2. The fourth-order valence-electron chi connectivity index (χ4n) is 3.16. The van der Waals surface area contributed by atoms with Crippen LogP contribution in [0.4, 0.5) is 4.79 Å². The van der Waals surface area contributed by atoms with Gasteiger partial charge in [0.1, 0.15) is 5.60 Å².